The summed E-state index contributed by atoms with van der Waals surface area (Å²) in [7, 11) is 1.69. The van der Waals surface area contributed by atoms with Crippen molar-refractivity contribution in [1.82, 2.24) is 15.1 Å². The first kappa shape index (κ1) is 21.1. The molecule has 2 aliphatic rings. The Morgan fingerprint density at radius 1 is 1.14 bits per heavy atom. The lowest BCUT2D eigenvalue weighted by molar-refractivity contribution is -0.137. The molecule has 1 heterocycles. The molecule has 7 nitrogen and oxygen atoms in total. The highest BCUT2D eigenvalue weighted by atomic mass is 16.2. The predicted octanol–water partition coefficient (Wildman–Crippen LogP) is 2.62. The molecule has 1 aromatic carbocycles. The van der Waals surface area contributed by atoms with Gasteiger partial charge < -0.3 is 15.1 Å². The van der Waals surface area contributed by atoms with Gasteiger partial charge in [0, 0.05) is 32.4 Å². The number of nitrogens with one attached hydrogen (secondary N) is 1. The maximum absolute atomic E-state index is 12.9. The van der Waals surface area contributed by atoms with Gasteiger partial charge in [-0.2, -0.15) is 0 Å². The minimum Gasteiger partial charge on any atom is -0.372 e. The van der Waals surface area contributed by atoms with Crippen LogP contribution in [0.5, 0.6) is 0 Å². The standard InChI is InChI=1S/C22H32N4O3/c1-3-25(18-11-6-4-7-12-18)16-10-15-23-19(27)17-26-20(28)22(24(2)21(26)29)13-8-5-9-14-22/h4,6-7,11-12H,3,5,8-10,13-17H2,1-2H3,(H,23,27). The number of urea groups is 1. The fraction of sp³-hybridized carbons (Fsp3) is 0.591. The molecule has 2 fully saturated rings. The number of benzene rings is 1. The zero-order chi connectivity index (χ0) is 20.9. The molecule has 1 aliphatic heterocycles. The number of carbonyl (C=O) groups is 3. The number of hydrogen-bond donors (Lipinski definition) is 1. The second-order valence-corrected chi connectivity index (χ2v) is 7.94. The Labute approximate surface area is 173 Å². The molecule has 0 atom stereocenters. The van der Waals surface area contributed by atoms with E-state index in [1.807, 2.05) is 18.2 Å². The van der Waals surface area contributed by atoms with Crippen LogP contribution in [0.25, 0.3) is 0 Å². The van der Waals surface area contributed by atoms with Crippen molar-refractivity contribution in [3.63, 3.8) is 0 Å². The molecular formula is C22H32N4O3. The van der Waals surface area contributed by atoms with Gasteiger partial charge in [0.1, 0.15) is 12.1 Å². The van der Waals surface area contributed by atoms with Crippen LogP contribution < -0.4 is 10.2 Å². The van der Waals surface area contributed by atoms with Gasteiger partial charge in [-0.15, -0.1) is 0 Å². The van der Waals surface area contributed by atoms with Crippen LogP contribution >= 0.6 is 0 Å². The Morgan fingerprint density at radius 2 is 1.83 bits per heavy atom. The smallest absolute Gasteiger partial charge is 0.327 e. The van der Waals surface area contributed by atoms with Gasteiger partial charge >= 0.3 is 6.03 Å². The third-order valence-electron chi connectivity index (χ3n) is 6.22. The predicted molar refractivity (Wildman–Crippen MR) is 113 cm³/mol. The largest absolute Gasteiger partial charge is 0.372 e. The third kappa shape index (κ3) is 4.38. The molecule has 29 heavy (non-hydrogen) atoms. The van der Waals surface area contributed by atoms with Crippen LogP contribution in [0.1, 0.15) is 45.4 Å². The lowest BCUT2D eigenvalue weighted by Gasteiger charge is -2.35. The van der Waals surface area contributed by atoms with E-state index in [1.165, 1.54) is 0 Å². The Morgan fingerprint density at radius 3 is 2.48 bits per heavy atom. The number of hydrogen-bond acceptors (Lipinski definition) is 4. The van der Waals surface area contributed by atoms with E-state index in [9.17, 15) is 14.4 Å². The molecule has 4 amide bonds. The normalized spacial score (nSPS) is 18.4. The minimum absolute atomic E-state index is 0.195. The van der Waals surface area contributed by atoms with Crippen LogP contribution in [0.2, 0.25) is 0 Å². The summed E-state index contributed by atoms with van der Waals surface area (Å²) in [6, 6.07) is 9.82. The first-order valence-corrected chi connectivity index (χ1v) is 10.7. The summed E-state index contributed by atoms with van der Waals surface area (Å²) in [6.07, 6.45) is 5.16. The van der Waals surface area contributed by atoms with Crippen molar-refractivity contribution in [3.05, 3.63) is 30.3 Å². The second kappa shape index (κ2) is 9.29. The number of para-hydroxylation sites is 1. The molecule has 1 saturated heterocycles. The number of carbonyl (C=O) groups excluding carboxylic acids is 3. The summed E-state index contributed by atoms with van der Waals surface area (Å²) in [5.41, 5.74) is 0.433. The molecule has 1 spiro atoms. The summed E-state index contributed by atoms with van der Waals surface area (Å²) in [6.45, 7) is 4.14. The van der Waals surface area contributed by atoms with Gasteiger partial charge in [0.15, 0.2) is 0 Å². The molecule has 1 N–H and O–H groups in total. The molecule has 1 aliphatic carbocycles. The molecule has 0 unspecified atom stereocenters. The van der Waals surface area contributed by atoms with E-state index in [4.69, 9.17) is 0 Å². The van der Waals surface area contributed by atoms with Crippen molar-refractivity contribution in [2.24, 2.45) is 0 Å². The maximum Gasteiger partial charge on any atom is 0.327 e. The van der Waals surface area contributed by atoms with Crippen molar-refractivity contribution < 1.29 is 14.4 Å². The zero-order valence-electron chi connectivity index (χ0n) is 17.5. The van der Waals surface area contributed by atoms with Gasteiger partial charge in [0.25, 0.3) is 5.91 Å². The first-order chi connectivity index (χ1) is 14.0. The zero-order valence-corrected chi connectivity index (χ0v) is 17.5. The highest BCUT2D eigenvalue weighted by molar-refractivity contribution is 6.08. The first-order valence-electron chi connectivity index (χ1n) is 10.7. The molecule has 0 radical (unpaired) electrons. The number of amides is 4. The van der Waals surface area contributed by atoms with Gasteiger partial charge in [0.2, 0.25) is 5.91 Å². The van der Waals surface area contributed by atoms with Crippen molar-refractivity contribution in [1.29, 1.82) is 0 Å². The van der Waals surface area contributed by atoms with Crippen molar-refractivity contribution in [2.75, 3.05) is 38.1 Å². The Kier molecular flexibility index (Phi) is 6.77. The molecular weight excluding hydrogens is 368 g/mol. The van der Waals surface area contributed by atoms with E-state index in [-0.39, 0.29) is 24.4 Å². The number of nitrogens with zero attached hydrogens (tertiary/aromatic N) is 3. The number of rotatable bonds is 8. The van der Waals surface area contributed by atoms with Gasteiger partial charge in [-0.1, -0.05) is 37.5 Å². The van der Waals surface area contributed by atoms with Crippen LogP contribution in [0.4, 0.5) is 10.5 Å². The minimum atomic E-state index is -0.729. The van der Waals surface area contributed by atoms with Crippen LogP contribution in [-0.2, 0) is 9.59 Å². The Balaban J connectivity index is 1.47. The van der Waals surface area contributed by atoms with Gasteiger partial charge in [-0.3, -0.25) is 14.5 Å². The highest BCUT2D eigenvalue weighted by Crippen LogP contribution is 2.39. The summed E-state index contributed by atoms with van der Waals surface area (Å²) >= 11 is 0. The highest BCUT2D eigenvalue weighted by Gasteiger charge is 2.55. The SMILES string of the molecule is CCN(CCCNC(=O)CN1C(=O)N(C)C2(CCCCC2)C1=O)c1ccccc1. The van der Waals surface area contributed by atoms with Crippen molar-refractivity contribution in [2.45, 2.75) is 51.0 Å². The lowest BCUT2D eigenvalue weighted by Crippen LogP contribution is -2.49. The van der Waals surface area contributed by atoms with Crippen molar-refractivity contribution in [3.8, 4) is 0 Å². The molecule has 0 aromatic heterocycles. The molecule has 1 aromatic rings. The number of likely N-dealkylation sites (N-methyl/N-ethyl adjacent to an activating group) is 1. The van der Waals surface area contributed by atoms with E-state index >= 15 is 0 Å². The van der Waals surface area contributed by atoms with Crippen LogP contribution in [-0.4, -0.2) is 66.4 Å². The summed E-state index contributed by atoms with van der Waals surface area (Å²) < 4.78 is 0. The van der Waals surface area contributed by atoms with Crippen LogP contribution in [0, 0.1) is 0 Å². The summed E-state index contributed by atoms with van der Waals surface area (Å²) in [5, 5.41) is 2.86. The third-order valence-corrected chi connectivity index (χ3v) is 6.22. The van der Waals surface area contributed by atoms with E-state index in [0.29, 0.717) is 19.4 Å². The average molecular weight is 401 g/mol. The fourth-order valence-corrected chi connectivity index (χ4v) is 4.48. The van der Waals surface area contributed by atoms with Gasteiger partial charge in [0.05, 0.1) is 0 Å². The molecule has 7 heteroatoms. The maximum atomic E-state index is 12.9. The lowest BCUT2D eigenvalue weighted by atomic mass is 9.81. The summed E-state index contributed by atoms with van der Waals surface area (Å²) in [5.74, 6) is -0.489. The van der Waals surface area contributed by atoms with E-state index in [2.05, 4.69) is 29.3 Å². The number of imide groups is 1. The van der Waals surface area contributed by atoms with Crippen LogP contribution in [0.3, 0.4) is 0 Å². The topological polar surface area (TPSA) is 73.0 Å². The van der Waals surface area contributed by atoms with Gasteiger partial charge in [-0.25, -0.2) is 4.79 Å². The van der Waals surface area contributed by atoms with E-state index in [1.54, 1.807) is 11.9 Å². The van der Waals surface area contributed by atoms with E-state index < -0.39 is 5.54 Å². The number of anilines is 1. The Bertz CT molecular complexity index is 731. The molecule has 1 saturated carbocycles. The van der Waals surface area contributed by atoms with Crippen LogP contribution in [0.15, 0.2) is 30.3 Å². The Hall–Kier alpha value is -2.57. The molecule has 158 valence electrons. The summed E-state index contributed by atoms with van der Waals surface area (Å²) in [4.78, 5) is 42.8. The van der Waals surface area contributed by atoms with Crippen molar-refractivity contribution >= 4 is 23.5 Å². The molecule has 3 rings (SSSR count). The van der Waals surface area contributed by atoms with E-state index in [0.717, 1.165) is 49.4 Å². The monoisotopic (exact) mass is 400 g/mol. The quantitative estimate of drug-likeness (QED) is 0.538. The molecule has 0 bridgehead atoms. The second-order valence-electron chi connectivity index (χ2n) is 7.94. The van der Waals surface area contributed by atoms with Gasteiger partial charge in [-0.05, 0) is 38.3 Å². The average Bonchev–Trinajstić information content (AvgIpc) is 2.91. The fourth-order valence-electron chi connectivity index (χ4n) is 4.48.